The fourth-order valence-corrected chi connectivity index (χ4v) is 5.22. The Kier molecular flexibility index (Phi) is 7.62. The maximum atomic E-state index is 15.0. The molecule has 1 aliphatic rings. The van der Waals surface area contributed by atoms with Crippen LogP contribution in [0.25, 0.3) is 11.1 Å². The van der Waals surface area contributed by atoms with Crippen molar-refractivity contribution in [1.29, 1.82) is 0 Å². The monoisotopic (exact) mass is 494 g/mol. The summed E-state index contributed by atoms with van der Waals surface area (Å²) in [5.41, 5.74) is 3.78. The molecule has 1 aliphatic carbocycles. The van der Waals surface area contributed by atoms with Crippen LogP contribution in [0, 0.1) is 17.0 Å². The third-order valence-corrected chi connectivity index (χ3v) is 7.24. The zero-order valence-electron chi connectivity index (χ0n) is 20.9. The number of carbonyl (C=O) groups is 1. The van der Waals surface area contributed by atoms with Crippen LogP contribution in [0.4, 0.5) is 8.78 Å². The first kappa shape index (κ1) is 25.7. The first-order valence-corrected chi connectivity index (χ1v) is 12.3. The van der Waals surface area contributed by atoms with Crippen LogP contribution in [-0.4, -0.2) is 18.2 Å². The summed E-state index contributed by atoms with van der Waals surface area (Å²) in [6.45, 7) is 4.78. The molecule has 3 aromatic rings. The fraction of sp³-hybridized carbons (Fsp3) is 0.367. The van der Waals surface area contributed by atoms with Gasteiger partial charge in [-0.15, -0.1) is 0 Å². The molecule has 3 aromatic carbocycles. The van der Waals surface area contributed by atoms with Gasteiger partial charge in [0.1, 0.15) is 29.7 Å². The van der Waals surface area contributed by atoms with E-state index >= 15 is 0 Å². The number of carboxylic acids is 1. The molecular weight excluding hydrogens is 462 g/mol. The Bertz CT molecular complexity index is 1250. The van der Waals surface area contributed by atoms with E-state index in [1.54, 1.807) is 31.4 Å². The highest BCUT2D eigenvalue weighted by molar-refractivity contribution is 5.71. The van der Waals surface area contributed by atoms with Crippen LogP contribution in [0.15, 0.2) is 54.6 Å². The molecule has 1 unspecified atom stereocenters. The van der Waals surface area contributed by atoms with Gasteiger partial charge in [-0.1, -0.05) is 38.5 Å². The van der Waals surface area contributed by atoms with Gasteiger partial charge in [-0.25, -0.2) is 8.78 Å². The number of aryl methyl sites for hydroxylation is 1. The van der Waals surface area contributed by atoms with Crippen LogP contribution >= 0.6 is 0 Å². The summed E-state index contributed by atoms with van der Waals surface area (Å²) >= 11 is 0. The quantitative estimate of drug-likeness (QED) is 0.334. The highest BCUT2D eigenvalue weighted by Crippen LogP contribution is 2.51. The third-order valence-electron chi connectivity index (χ3n) is 7.24. The van der Waals surface area contributed by atoms with E-state index < -0.39 is 11.8 Å². The molecule has 0 aromatic heterocycles. The van der Waals surface area contributed by atoms with Crippen LogP contribution in [0.3, 0.4) is 0 Å². The van der Waals surface area contributed by atoms with Crippen molar-refractivity contribution in [2.45, 2.75) is 58.5 Å². The van der Waals surface area contributed by atoms with E-state index in [1.807, 2.05) is 12.1 Å². The van der Waals surface area contributed by atoms with Gasteiger partial charge in [-0.2, -0.15) is 0 Å². The van der Waals surface area contributed by atoms with Crippen molar-refractivity contribution in [2.24, 2.45) is 5.41 Å². The lowest BCUT2D eigenvalue weighted by Gasteiger charge is -2.30. The lowest BCUT2D eigenvalue weighted by Crippen LogP contribution is -2.17. The first-order chi connectivity index (χ1) is 17.2. The van der Waals surface area contributed by atoms with Gasteiger partial charge in [0.15, 0.2) is 0 Å². The topological polar surface area (TPSA) is 55.8 Å². The standard InChI is InChI=1S/C30H32F2O4/c1-30(2)14-4-5-26(30)24-15-19(6-10-23(24)25-17-21(35-3)8-12-28(25)32)18-36-22-9-11-27(31)20(16-22)7-13-29(33)34/h6,8-12,15-17,26H,4-5,7,13-14,18H2,1-3H3,(H,33,34). The molecule has 0 bridgehead atoms. The summed E-state index contributed by atoms with van der Waals surface area (Å²) in [6.07, 6.45) is 3.20. The van der Waals surface area contributed by atoms with E-state index in [0.717, 1.165) is 36.0 Å². The van der Waals surface area contributed by atoms with E-state index in [2.05, 4.69) is 19.9 Å². The predicted molar refractivity (Wildman–Crippen MR) is 135 cm³/mol. The molecule has 6 heteroatoms. The maximum absolute atomic E-state index is 15.0. The molecule has 190 valence electrons. The molecule has 1 fully saturated rings. The largest absolute Gasteiger partial charge is 0.497 e. The van der Waals surface area contributed by atoms with Crippen LogP contribution in [-0.2, 0) is 17.8 Å². The van der Waals surface area contributed by atoms with E-state index in [0.29, 0.717) is 22.6 Å². The molecule has 4 nitrogen and oxygen atoms in total. The minimum Gasteiger partial charge on any atom is -0.497 e. The molecule has 0 amide bonds. The van der Waals surface area contributed by atoms with Gasteiger partial charge < -0.3 is 14.6 Å². The normalized spacial score (nSPS) is 16.6. The molecule has 0 aliphatic heterocycles. The minimum atomic E-state index is -0.976. The van der Waals surface area contributed by atoms with Gasteiger partial charge >= 0.3 is 5.97 Å². The highest BCUT2D eigenvalue weighted by Gasteiger charge is 2.37. The average molecular weight is 495 g/mol. The van der Waals surface area contributed by atoms with Gasteiger partial charge in [0, 0.05) is 12.0 Å². The summed E-state index contributed by atoms with van der Waals surface area (Å²) in [5.74, 6) is -0.369. The van der Waals surface area contributed by atoms with Crippen molar-refractivity contribution in [2.75, 3.05) is 7.11 Å². The van der Waals surface area contributed by atoms with Crippen molar-refractivity contribution < 1.29 is 28.2 Å². The van der Waals surface area contributed by atoms with E-state index in [-0.39, 0.29) is 36.6 Å². The van der Waals surface area contributed by atoms with Crippen molar-refractivity contribution in [3.63, 3.8) is 0 Å². The number of hydrogen-bond donors (Lipinski definition) is 1. The van der Waals surface area contributed by atoms with Crippen LogP contribution in [0.1, 0.15) is 62.1 Å². The number of ether oxygens (including phenoxy) is 2. The molecule has 36 heavy (non-hydrogen) atoms. The second-order valence-corrected chi connectivity index (χ2v) is 10.1. The van der Waals surface area contributed by atoms with Crippen LogP contribution in [0.5, 0.6) is 11.5 Å². The predicted octanol–water partition coefficient (Wildman–Crippen LogP) is 7.53. The van der Waals surface area contributed by atoms with Gasteiger partial charge in [0.2, 0.25) is 0 Å². The summed E-state index contributed by atoms with van der Waals surface area (Å²) in [6, 6.07) is 15.2. The zero-order valence-corrected chi connectivity index (χ0v) is 20.9. The Labute approximate surface area is 210 Å². The molecule has 0 saturated heterocycles. The number of rotatable bonds is 9. The Morgan fingerprint density at radius 1 is 1.00 bits per heavy atom. The molecular formula is C30H32F2O4. The summed E-state index contributed by atoms with van der Waals surface area (Å²) in [7, 11) is 1.57. The van der Waals surface area contributed by atoms with E-state index in [9.17, 15) is 13.6 Å². The van der Waals surface area contributed by atoms with E-state index in [4.69, 9.17) is 14.6 Å². The molecule has 4 rings (SSSR count). The van der Waals surface area contributed by atoms with Gasteiger partial charge in [-0.3, -0.25) is 4.79 Å². The van der Waals surface area contributed by atoms with Crippen molar-refractivity contribution >= 4 is 5.97 Å². The smallest absolute Gasteiger partial charge is 0.303 e. The SMILES string of the molecule is COc1ccc(F)c(-c2ccc(COc3ccc(F)c(CCC(=O)O)c3)cc2C2CCCC2(C)C)c1. The number of aliphatic carboxylic acids is 1. The minimum absolute atomic E-state index is 0.0829. The Hall–Kier alpha value is -3.41. The average Bonchev–Trinajstić information content (AvgIpc) is 3.21. The second kappa shape index (κ2) is 10.7. The molecule has 1 saturated carbocycles. The summed E-state index contributed by atoms with van der Waals surface area (Å²) < 4.78 is 40.4. The Balaban J connectivity index is 1.65. The third kappa shape index (κ3) is 5.69. The fourth-order valence-electron chi connectivity index (χ4n) is 5.22. The first-order valence-electron chi connectivity index (χ1n) is 12.3. The lowest BCUT2D eigenvalue weighted by atomic mass is 9.75. The number of methoxy groups -OCH3 is 1. The van der Waals surface area contributed by atoms with Crippen LogP contribution in [0.2, 0.25) is 0 Å². The molecule has 0 spiro atoms. The maximum Gasteiger partial charge on any atom is 0.303 e. The highest BCUT2D eigenvalue weighted by atomic mass is 19.1. The lowest BCUT2D eigenvalue weighted by molar-refractivity contribution is -0.136. The molecule has 1 N–H and O–H groups in total. The Morgan fingerprint density at radius 3 is 2.44 bits per heavy atom. The van der Waals surface area contributed by atoms with Crippen molar-refractivity contribution in [3.8, 4) is 22.6 Å². The number of halogens is 2. The Morgan fingerprint density at radius 2 is 1.75 bits per heavy atom. The number of benzene rings is 3. The molecule has 0 heterocycles. The van der Waals surface area contributed by atoms with Gasteiger partial charge in [-0.05, 0) is 89.2 Å². The second-order valence-electron chi connectivity index (χ2n) is 10.1. The molecule has 1 atom stereocenters. The molecule has 0 radical (unpaired) electrons. The van der Waals surface area contributed by atoms with Crippen molar-refractivity contribution in [3.05, 3.63) is 82.9 Å². The number of carboxylic acid groups (broad SMARTS) is 1. The van der Waals surface area contributed by atoms with Crippen molar-refractivity contribution in [1.82, 2.24) is 0 Å². The summed E-state index contributed by atoms with van der Waals surface area (Å²) in [4.78, 5) is 10.9. The van der Waals surface area contributed by atoms with Gasteiger partial charge in [0.05, 0.1) is 7.11 Å². The van der Waals surface area contributed by atoms with Gasteiger partial charge in [0.25, 0.3) is 0 Å². The van der Waals surface area contributed by atoms with E-state index in [1.165, 1.54) is 12.1 Å². The summed E-state index contributed by atoms with van der Waals surface area (Å²) in [5, 5.41) is 8.91. The zero-order chi connectivity index (χ0) is 25.9. The van der Waals surface area contributed by atoms with Crippen LogP contribution < -0.4 is 9.47 Å². The number of hydrogen-bond acceptors (Lipinski definition) is 3.